The van der Waals surface area contributed by atoms with E-state index in [9.17, 15) is 4.79 Å². The molecule has 0 unspecified atom stereocenters. The summed E-state index contributed by atoms with van der Waals surface area (Å²) in [5, 5.41) is 3.63. The number of pyridine rings is 3. The van der Waals surface area contributed by atoms with Crippen LogP contribution in [0.4, 0.5) is 5.69 Å². The average molecular weight is 250 g/mol. The number of carbonyl (C=O) groups excluding carboxylic acids is 1. The minimum Gasteiger partial charge on any atom is -0.319 e. The summed E-state index contributed by atoms with van der Waals surface area (Å²) < 4.78 is 0. The van der Waals surface area contributed by atoms with Crippen molar-refractivity contribution in [2.45, 2.75) is 0 Å². The van der Waals surface area contributed by atoms with Gasteiger partial charge in [0.15, 0.2) is 5.65 Å². The van der Waals surface area contributed by atoms with Crippen molar-refractivity contribution in [1.82, 2.24) is 15.0 Å². The zero-order valence-corrected chi connectivity index (χ0v) is 9.95. The molecular formula is C14H10N4O. The van der Waals surface area contributed by atoms with Crippen molar-refractivity contribution in [3.63, 3.8) is 0 Å². The number of aromatic nitrogens is 3. The molecule has 1 amide bonds. The smallest absolute Gasteiger partial charge is 0.274 e. The fourth-order valence-electron chi connectivity index (χ4n) is 1.71. The molecule has 0 fully saturated rings. The number of hydrogen-bond donors (Lipinski definition) is 1. The molecule has 0 saturated heterocycles. The van der Waals surface area contributed by atoms with Crippen LogP contribution < -0.4 is 5.32 Å². The monoisotopic (exact) mass is 250 g/mol. The SMILES string of the molecule is O=C(Nc1cccnc1)c1ccc2cccnc2n1. The van der Waals surface area contributed by atoms with Gasteiger partial charge in [0.1, 0.15) is 5.69 Å². The Labute approximate surface area is 109 Å². The molecule has 0 aliphatic rings. The summed E-state index contributed by atoms with van der Waals surface area (Å²) in [6.45, 7) is 0. The molecule has 3 aromatic heterocycles. The number of nitrogens with zero attached hydrogens (tertiary/aromatic N) is 3. The molecule has 0 aromatic carbocycles. The Kier molecular flexibility index (Phi) is 2.86. The maximum absolute atomic E-state index is 12.0. The van der Waals surface area contributed by atoms with Gasteiger partial charge in [-0.15, -0.1) is 0 Å². The summed E-state index contributed by atoms with van der Waals surface area (Å²) in [4.78, 5) is 24.3. The topological polar surface area (TPSA) is 67.8 Å². The molecule has 19 heavy (non-hydrogen) atoms. The highest BCUT2D eigenvalue weighted by atomic mass is 16.1. The zero-order chi connectivity index (χ0) is 13.1. The highest BCUT2D eigenvalue weighted by molar-refractivity contribution is 6.03. The zero-order valence-electron chi connectivity index (χ0n) is 9.95. The third kappa shape index (κ3) is 2.40. The maximum Gasteiger partial charge on any atom is 0.274 e. The molecule has 3 aromatic rings. The van der Waals surface area contributed by atoms with Gasteiger partial charge in [0, 0.05) is 17.8 Å². The number of rotatable bonds is 2. The normalized spacial score (nSPS) is 10.3. The lowest BCUT2D eigenvalue weighted by atomic mass is 10.2. The van der Waals surface area contributed by atoms with Gasteiger partial charge in [-0.25, -0.2) is 9.97 Å². The van der Waals surface area contributed by atoms with Gasteiger partial charge in [0.05, 0.1) is 11.9 Å². The fourth-order valence-corrected chi connectivity index (χ4v) is 1.71. The molecule has 0 radical (unpaired) electrons. The van der Waals surface area contributed by atoms with E-state index in [0.29, 0.717) is 17.0 Å². The number of anilines is 1. The number of carbonyl (C=O) groups is 1. The Morgan fingerprint density at radius 2 is 1.95 bits per heavy atom. The van der Waals surface area contributed by atoms with E-state index in [-0.39, 0.29) is 5.91 Å². The Morgan fingerprint density at radius 1 is 1.05 bits per heavy atom. The van der Waals surface area contributed by atoms with Crippen molar-refractivity contribution in [3.05, 3.63) is 60.7 Å². The molecule has 5 nitrogen and oxygen atoms in total. The summed E-state index contributed by atoms with van der Waals surface area (Å²) in [7, 11) is 0. The average Bonchev–Trinajstić information content (AvgIpc) is 2.48. The first-order valence-corrected chi connectivity index (χ1v) is 5.76. The van der Waals surface area contributed by atoms with Crippen LogP contribution in [0.3, 0.4) is 0 Å². The minimum absolute atomic E-state index is 0.277. The lowest BCUT2D eigenvalue weighted by Gasteiger charge is -2.04. The number of hydrogen-bond acceptors (Lipinski definition) is 4. The second-order valence-electron chi connectivity index (χ2n) is 3.94. The van der Waals surface area contributed by atoms with E-state index < -0.39 is 0 Å². The number of amides is 1. The van der Waals surface area contributed by atoms with Gasteiger partial charge in [-0.3, -0.25) is 9.78 Å². The van der Waals surface area contributed by atoms with Gasteiger partial charge in [-0.1, -0.05) is 0 Å². The summed E-state index contributed by atoms with van der Waals surface area (Å²) in [5.74, 6) is -0.277. The van der Waals surface area contributed by atoms with E-state index in [1.807, 2.05) is 18.2 Å². The molecule has 92 valence electrons. The van der Waals surface area contributed by atoms with Crippen LogP contribution in [0.2, 0.25) is 0 Å². The fraction of sp³-hybridized carbons (Fsp3) is 0. The van der Waals surface area contributed by atoms with Crippen molar-refractivity contribution < 1.29 is 4.79 Å². The lowest BCUT2D eigenvalue weighted by Crippen LogP contribution is -2.13. The second kappa shape index (κ2) is 4.81. The first-order valence-electron chi connectivity index (χ1n) is 5.76. The lowest BCUT2D eigenvalue weighted by molar-refractivity contribution is 0.102. The minimum atomic E-state index is -0.277. The van der Waals surface area contributed by atoms with Crippen LogP contribution in [-0.4, -0.2) is 20.9 Å². The first-order chi connectivity index (χ1) is 9.33. The third-order valence-corrected chi connectivity index (χ3v) is 2.62. The van der Waals surface area contributed by atoms with Crippen LogP contribution in [0, 0.1) is 0 Å². The Hall–Kier alpha value is -2.82. The third-order valence-electron chi connectivity index (χ3n) is 2.62. The highest BCUT2D eigenvalue weighted by Crippen LogP contribution is 2.11. The standard InChI is InChI=1S/C14H10N4O/c19-14(17-11-4-2-7-15-9-11)12-6-5-10-3-1-8-16-13(10)18-12/h1-9H,(H,17,19). The quantitative estimate of drug-likeness (QED) is 0.757. The molecule has 5 heteroatoms. The van der Waals surface area contributed by atoms with Gasteiger partial charge >= 0.3 is 0 Å². The molecule has 0 atom stereocenters. The van der Waals surface area contributed by atoms with Crippen LogP contribution in [0.5, 0.6) is 0 Å². The Morgan fingerprint density at radius 3 is 2.79 bits per heavy atom. The Balaban J connectivity index is 1.89. The van der Waals surface area contributed by atoms with Crippen molar-refractivity contribution >= 4 is 22.6 Å². The van der Waals surface area contributed by atoms with Crippen molar-refractivity contribution in [3.8, 4) is 0 Å². The van der Waals surface area contributed by atoms with Crippen molar-refractivity contribution in [2.24, 2.45) is 0 Å². The summed E-state index contributed by atoms with van der Waals surface area (Å²) in [5.41, 5.74) is 1.52. The van der Waals surface area contributed by atoms with Gasteiger partial charge in [-0.05, 0) is 36.4 Å². The van der Waals surface area contributed by atoms with Crippen LogP contribution in [0.1, 0.15) is 10.5 Å². The van der Waals surface area contributed by atoms with E-state index in [1.165, 1.54) is 0 Å². The molecular weight excluding hydrogens is 240 g/mol. The van der Waals surface area contributed by atoms with E-state index >= 15 is 0 Å². The summed E-state index contributed by atoms with van der Waals surface area (Å²) >= 11 is 0. The summed E-state index contributed by atoms with van der Waals surface area (Å²) in [6, 6.07) is 10.8. The Bertz CT molecular complexity index is 728. The molecule has 3 rings (SSSR count). The van der Waals surface area contributed by atoms with E-state index in [2.05, 4.69) is 20.3 Å². The number of fused-ring (bicyclic) bond motifs is 1. The predicted molar refractivity (Wildman–Crippen MR) is 71.7 cm³/mol. The predicted octanol–water partition coefficient (Wildman–Crippen LogP) is 2.28. The van der Waals surface area contributed by atoms with Crippen LogP contribution in [0.15, 0.2) is 55.0 Å². The van der Waals surface area contributed by atoms with E-state index in [4.69, 9.17) is 0 Å². The van der Waals surface area contributed by atoms with Gasteiger partial charge < -0.3 is 5.32 Å². The van der Waals surface area contributed by atoms with Crippen LogP contribution >= 0.6 is 0 Å². The van der Waals surface area contributed by atoms with Gasteiger partial charge in [0.2, 0.25) is 0 Å². The first kappa shape index (κ1) is 11.3. The van der Waals surface area contributed by atoms with Gasteiger partial charge in [-0.2, -0.15) is 0 Å². The maximum atomic E-state index is 12.0. The molecule has 0 aliphatic carbocycles. The molecule has 3 heterocycles. The number of nitrogens with one attached hydrogen (secondary N) is 1. The van der Waals surface area contributed by atoms with Crippen molar-refractivity contribution in [1.29, 1.82) is 0 Å². The van der Waals surface area contributed by atoms with Gasteiger partial charge in [0.25, 0.3) is 5.91 Å². The molecule has 0 aliphatic heterocycles. The molecule has 1 N–H and O–H groups in total. The molecule has 0 bridgehead atoms. The van der Waals surface area contributed by atoms with Crippen molar-refractivity contribution in [2.75, 3.05) is 5.32 Å². The van der Waals surface area contributed by atoms with E-state index in [1.54, 1.807) is 36.8 Å². The van der Waals surface area contributed by atoms with Crippen LogP contribution in [0.25, 0.3) is 11.0 Å². The molecule has 0 spiro atoms. The second-order valence-corrected chi connectivity index (χ2v) is 3.94. The largest absolute Gasteiger partial charge is 0.319 e. The molecule has 0 saturated carbocycles. The highest BCUT2D eigenvalue weighted by Gasteiger charge is 2.08. The van der Waals surface area contributed by atoms with E-state index in [0.717, 1.165) is 5.39 Å². The van der Waals surface area contributed by atoms with Crippen LogP contribution in [-0.2, 0) is 0 Å². The summed E-state index contributed by atoms with van der Waals surface area (Å²) in [6.07, 6.45) is 4.88.